The van der Waals surface area contributed by atoms with Gasteiger partial charge in [0.25, 0.3) is 15.9 Å². The van der Waals surface area contributed by atoms with Crippen LogP contribution < -0.4 is 14.8 Å². The molecule has 0 heterocycles. The lowest BCUT2D eigenvalue weighted by Crippen LogP contribution is -2.32. The number of amides is 1. The first-order chi connectivity index (χ1) is 13.2. The van der Waals surface area contributed by atoms with Crippen LogP contribution in [0, 0.1) is 0 Å². The van der Waals surface area contributed by atoms with Crippen LogP contribution in [0.1, 0.15) is 41.0 Å². The number of benzene rings is 2. The highest BCUT2D eigenvalue weighted by molar-refractivity contribution is 7.92. The molecule has 0 unspecified atom stereocenters. The Morgan fingerprint density at radius 1 is 1.18 bits per heavy atom. The molecule has 0 saturated carbocycles. The largest absolute Gasteiger partial charge is 0.495 e. The van der Waals surface area contributed by atoms with E-state index in [9.17, 15) is 18.0 Å². The van der Waals surface area contributed by atoms with E-state index in [1.54, 1.807) is 12.1 Å². The zero-order chi connectivity index (χ0) is 20.9. The van der Waals surface area contributed by atoms with Gasteiger partial charge in [-0.3, -0.25) is 9.52 Å². The van der Waals surface area contributed by atoms with Gasteiger partial charge in [-0.25, -0.2) is 13.2 Å². The standard InChI is InChI=1S/C19H22N2O6S/c1-4-12(2)20-18(22)14-7-5-6-8-15(14)21-28(25,26)17-11-13(19(23)24)9-10-16(17)27-3/h5-12,21H,4H2,1-3H3,(H,20,22)(H,23,24)/t12-/m0/s1. The van der Waals surface area contributed by atoms with E-state index >= 15 is 0 Å². The Labute approximate surface area is 163 Å². The van der Waals surface area contributed by atoms with Crippen molar-refractivity contribution in [3.8, 4) is 5.75 Å². The average molecular weight is 406 g/mol. The van der Waals surface area contributed by atoms with E-state index in [2.05, 4.69) is 10.0 Å². The molecule has 28 heavy (non-hydrogen) atoms. The van der Waals surface area contributed by atoms with Crippen LogP contribution in [0.15, 0.2) is 47.4 Å². The van der Waals surface area contributed by atoms with Crippen LogP contribution in [0.2, 0.25) is 0 Å². The third kappa shape index (κ3) is 4.80. The molecule has 2 rings (SSSR count). The van der Waals surface area contributed by atoms with E-state index in [-0.39, 0.29) is 33.5 Å². The third-order valence-electron chi connectivity index (χ3n) is 4.11. The van der Waals surface area contributed by atoms with Crippen molar-refractivity contribution in [2.45, 2.75) is 31.2 Å². The van der Waals surface area contributed by atoms with Crippen LogP contribution in [0.4, 0.5) is 5.69 Å². The minimum absolute atomic E-state index is 0.0148. The highest BCUT2D eigenvalue weighted by Gasteiger charge is 2.24. The van der Waals surface area contributed by atoms with E-state index < -0.39 is 21.9 Å². The number of anilines is 1. The molecule has 0 aliphatic carbocycles. The molecule has 2 aromatic carbocycles. The van der Waals surface area contributed by atoms with Crippen molar-refractivity contribution in [1.82, 2.24) is 5.32 Å². The SMILES string of the molecule is CC[C@H](C)NC(=O)c1ccccc1NS(=O)(=O)c1cc(C(=O)O)ccc1OC. The lowest BCUT2D eigenvalue weighted by molar-refractivity contribution is 0.0696. The van der Waals surface area contributed by atoms with Gasteiger partial charge in [0.15, 0.2) is 0 Å². The smallest absolute Gasteiger partial charge is 0.335 e. The maximum atomic E-state index is 12.9. The van der Waals surface area contributed by atoms with Crippen molar-refractivity contribution in [2.75, 3.05) is 11.8 Å². The number of hydrogen-bond donors (Lipinski definition) is 3. The van der Waals surface area contributed by atoms with Crippen LogP contribution in [0.5, 0.6) is 5.75 Å². The highest BCUT2D eigenvalue weighted by Crippen LogP contribution is 2.28. The molecule has 0 radical (unpaired) electrons. The fraction of sp³-hybridized carbons (Fsp3) is 0.263. The molecule has 0 aromatic heterocycles. The molecule has 0 aliphatic rings. The molecular formula is C19H22N2O6S. The van der Waals surface area contributed by atoms with Crippen LogP contribution in [-0.4, -0.2) is 38.6 Å². The predicted molar refractivity (Wildman–Crippen MR) is 104 cm³/mol. The van der Waals surface area contributed by atoms with E-state index in [0.29, 0.717) is 0 Å². The molecule has 9 heteroatoms. The van der Waals surface area contributed by atoms with E-state index in [4.69, 9.17) is 9.84 Å². The number of carboxylic acids is 1. The van der Waals surface area contributed by atoms with E-state index in [1.807, 2.05) is 13.8 Å². The summed E-state index contributed by atoms with van der Waals surface area (Å²) in [4.78, 5) is 23.3. The summed E-state index contributed by atoms with van der Waals surface area (Å²) in [5.41, 5.74) is 0.0230. The minimum atomic E-state index is -4.22. The maximum Gasteiger partial charge on any atom is 0.335 e. The van der Waals surface area contributed by atoms with Gasteiger partial charge in [0.1, 0.15) is 10.6 Å². The first-order valence-corrected chi connectivity index (χ1v) is 10.0. The molecule has 1 amide bonds. The van der Waals surface area contributed by atoms with Crippen molar-refractivity contribution in [2.24, 2.45) is 0 Å². The van der Waals surface area contributed by atoms with Gasteiger partial charge in [0.05, 0.1) is 23.9 Å². The second-order valence-electron chi connectivity index (χ2n) is 6.10. The Balaban J connectivity index is 2.45. The molecular weight excluding hydrogens is 384 g/mol. The van der Waals surface area contributed by atoms with Crippen molar-refractivity contribution in [3.63, 3.8) is 0 Å². The van der Waals surface area contributed by atoms with E-state index in [1.165, 1.54) is 31.4 Å². The van der Waals surface area contributed by atoms with Gasteiger partial charge < -0.3 is 15.2 Å². The second-order valence-corrected chi connectivity index (χ2v) is 7.76. The topological polar surface area (TPSA) is 122 Å². The van der Waals surface area contributed by atoms with Crippen molar-refractivity contribution in [1.29, 1.82) is 0 Å². The van der Waals surface area contributed by atoms with Crippen molar-refractivity contribution >= 4 is 27.6 Å². The summed E-state index contributed by atoms with van der Waals surface area (Å²) in [5.74, 6) is -1.70. The Hall–Kier alpha value is -3.07. The van der Waals surface area contributed by atoms with Gasteiger partial charge in [-0.15, -0.1) is 0 Å². The number of carbonyl (C=O) groups is 2. The lowest BCUT2D eigenvalue weighted by Gasteiger charge is -2.16. The number of ether oxygens (including phenoxy) is 1. The summed E-state index contributed by atoms with van der Waals surface area (Å²) in [6, 6.07) is 9.59. The molecule has 1 atom stereocenters. The first kappa shape index (κ1) is 21.2. The Bertz CT molecular complexity index is 988. The Morgan fingerprint density at radius 3 is 2.46 bits per heavy atom. The molecule has 0 aliphatic heterocycles. The summed E-state index contributed by atoms with van der Waals surface area (Å²) in [5, 5.41) is 11.9. The van der Waals surface area contributed by atoms with Crippen LogP contribution in [0.3, 0.4) is 0 Å². The number of nitrogens with one attached hydrogen (secondary N) is 2. The van der Waals surface area contributed by atoms with Gasteiger partial charge in [-0.1, -0.05) is 19.1 Å². The maximum absolute atomic E-state index is 12.9. The second kappa shape index (κ2) is 8.75. The summed E-state index contributed by atoms with van der Waals surface area (Å²) in [6.07, 6.45) is 0.721. The van der Waals surface area contributed by atoms with Crippen molar-refractivity contribution < 1.29 is 27.9 Å². The van der Waals surface area contributed by atoms with Gasteiger partial charge in [-0.2, -0.15) is 0 Å². The highest BCUT2D eigenvalue weighted by atomic mass is 32.2. The van der Waals surface area contributed by atoms with Gasteiger partial charge >= 0.3 is 5.97 Å². The molecule has 0 fully saturated rings. The summed E-state index contributed by atoms with van der Waals surface area (Å²) in [7, 11) is -2.94. The lowest BCUT2D eigenvalue weighted by atomic mass is 10.1. The Morgan fingerprint density at radius 2 is 1.86 bits per heavy atom. The number of aromatic carboxylic acids is 1. The summed E-state index contributed by atoms with van der Waals surface area (Å²) >= 11 is 0. The fourth-order valence-corrected chi connectivity index (χ4v) is 3.67. The monoisotopic (exact) mass is 406 g/mol. The van der Waals surface area contributed by atoms with Gasteiger partial charge in [0, 0.05) is 6.04 Å². The number of carbonyl (C=O) groups excluding carboxylic acids is 1. The molecule has 0 spiro atoms. The van der Waals surface area contributed by atoms with Crippen LogP contribution in [-0.2, 0) is 10.0 Å². The quantitative estimate of drug-likeness (QED) is 0.620. The molecule has 2 aromatic rings. The van der Waals surface area contributed by atoms with Crippen LogP contribution in [0.25, 0.3) is 0 Å². The Kier molecular flexibility index (Phi) is 6.63. The average Bonchev–Trinajstić information content (AvgIpc) is 2.67. The zero-order valence-corrected chi connectivity index (χ0v) is 16.5. The normalized spacial score (nSPS) is 12.1. The number of carboxylic acid groups (broad SMARTS) is 1. The first-order valence-electron chi connectivity index (χ1n) is 8.53. The summed E-state index contributed by atoms with van der Waals surface area (Å²) in [6.45, 7) is 3.76. The third-order valence-corrected chi connectivity index (χ3v) is 5.49. The minimum Gasteiger partial charge on any atom is -0.495 e. The number of para-hydroxylation sites is 1. The fourth-order valence-electron chi connectivity index (χ4n) is 2.39. The number of methoxy groups -OCH3 is 1. The predicted octanol–water partition coefficient (Wildman–Crippen LogP) is 2.72. The molecule has 8 nitrogen and oxygen atoms in total. The van der Waals surface area contributed by atoms with Gasteiger partial charge in [0.2, 0.25) is 0 Å². The molecule has 0 bridgehead atoms. The van der Waals surface area contributed by atoms with Crippen molar-refractivity contribution in [3.05, 3.63) is 53.6 Å². The number of rotatable bonds is 8. The zero-order valence-electron chi connectivity index (χ0n) is 15.7. The van der Waals surface area contributed by atoms with E-state index in [0.717, 1.165) is 12.5 Å². The van der Waals surface area contributed by atoms with Crippen LogP contribution >= 0.6 is 0 Å². The summed E-state index contributed by atoms with van der Waals surface area (Å²) < 4.78 is 33.2. The molecule has 0 saturated heterocycles. The number of sulfonamides is 1. The number of hydrogen-bond acceptors (Lipinski definition) is 5. The van der Waals surface area contributed by atoms with Gasteiger partial charge in [-0.05, 0) is 43.7 Å². The molecule has 3 N–H and O–H groups in total. The molecule has 150 valence electrons.